The van der Waals surface area contributed by atoms with E-state index < -0.39 is 86.8 Å². The minimum Gasteiger partial charge on any atom is -0.394 e. The van der Waals surface area contributed by atoms with Crippen molar-refractivity contribution in [1.82, 2.24) is 5.32 Å². The molecule has 0 aromatic carbocycles. The molecule has 0 aliphatic carbocycles. The van der Waals surface area contributed by atoms with Crippen LogP contribution < -0.4 is 5.32 Å². The Morgan fingerprint density at radius 3 is 1.06 bits per heavy atom. The molecule has 12 unspecified atom stereocenters. The van der Waals surface area contributed by atoms with Gasteiger partial charge in [-0.15, -0.1) is 0 Å². The summed E-state index contributed by atoms with van der Waals surface area (Å²) in [6.07, 6.45) is 84.1. The number of unbranched alkanes of at least 4 members (excludes halogenated alkanes) is 36. The van der Waals surface area contributed by atoms with Gasteiger partial charge in [0.1, 0.15) is 48.8 Å². The van der Waals surface area contributed by atoms with Crippen LogP contribution in [0.15, 0.2) is 122 Å². The number of hydrogen-bond acceptors (Lipinski definition) is 13. The van der Waals surface area contributed by atoms with Crippen molar-refractivity contribution in [3.63, 3.8) is 0 Å². The van der Waals surface area contributed by atoms with Crippen molar-refractivity contribution in [2.45, 2.75) is 396 Å². The number of aliphatic hydroxyl groups is 8. The van der Waals surface area contributed by atoms with Gasteiger partial charge in [0.25, 0.3) is 0 Å². The van der Waals surface area contributed by atoms with E-state index in [1.165, 1.54) is 193 Å². The molecule has 14 nitrogen and oxygen atoms in total. The van der Waals surface area contributed by atoms with Gasteiger partial charge < -0.3 is 65.1 Å². The van der Waals surface area contributed by atoms with Gasteiger partial charge >= 0.3 is 0 Å². The smallest absolute Gasteiger partial charge is 0.220 e. The minimum absolute atomic E-state index is 0.247. The molecular formula is C86H149NO13. The highest BCUT2D eigenvalue weighted by Crippen LogP contribution is 2.30. The van der Waals surface area contributed by atoms with E-state index in [-0.39, 0.29) is 18.9 Å². The van der Waals surface area contributed by atoms with Crippen molar-refractivity contribution in [3.8, 4) is 0 Å². The first-order valence-corrected chi connectivity index (χ1v) is 40.8. The zero-order valence-electron chi connectivity index (χ0n) is 63.2. The first-order valence-electron chi connectivity index (χ1n) is 40.8. The van der Waals surface area contributed by atoms with Crippen molar-refractivity contribution in [3.05, 3.63) is 122 Å². The molecular weight excluding hydrogens is 1250 g/mol. The van der Waals surface area contributed by atoms with E-state index in [1.807, 2.05) is 6.08 Å². The van der Waals surface area contributed by atoms with Crippen LogP contribution in [0.25, 0.3) is 0 Å². The summed E-state index contributed by atoms with van der Waals surface area (Å²) in [4.78, 5) is 13.4. The molecule has 1 amide bonds. The average Bonchev–Trinajstić information content (AvgIpc) is 0.791. The van der Waals surface area contributed by atoms with Crippen molar-refractivity contribution >= 4 is 5.91 Å². The lowest BCUT2D eigenvalue weighted by atomic mass is 9.97. The van der Waals surface area contributed by atoms with Gasteiger partial charge in [-0.1, -0.05) is 347 Å². The molecule has 0 bridgehead atoms. The molecule has 2 heterocycles. The molecule has 2 saturated heterocycles. The van der Waals surface area contributed by atoms with Crippen molar-refractivity contribution in [1.29, 1.82) is 0 Å². The molecule has 0 saturated carbocycles. The first-order chi connectivity index (χ1) is 49.1. The van der Waals surface area contributed by atoms with E-state index >= 15 is 0 Å². The molecule has 2 rings (SSSR count). The zero-order valence-corrected chi connectivity index (χ0v) is 63.2. The fraction of sp³-hybridized carbons (Fsp3) is 0.756. The maximum absolute atomic E-state index is 13.4. The number of aliphatic hydroxyl groups excluding tert-OH is 8. The standard InChI is InChI=1S/C86H149NO13/c1-3-5-7-9-11-13-15-17-19-21-23-25-27-29-31-33-34-35-36-37-38-39-40-42-44-46-48-50-52-54-56-58-60-62-64-66-68-70-78(91)87-74(73-97-85-83(96)81(94)84(77(72-89)99-85)100-86-82(95)80(93)79(92)76(71-88)98-86)75(90)69-67-65-63-61-59-57-55-53-51-49-47-45-43-41-32-30-28-26-24-22-20-18-16-14-12-10-8-6-4-2/h5,7,11,13,17,19,23,25,29,31,34-35,37-38,40,42,46,48,67,69,74-77,79-86,88-90,92-96H,3-4,6,8-10,12,14-16,18,20-22,24,26-28,30,32-33,36,39,41,43-45,47,49-66,68,70-73H2,1-2H3,(H,87,91)/b7-5-,13-11-,19-17-,25-23-,31-29-,35-34-,38-37-,42-40-,48-46-,69-67+. The second-order valence-corrected chi connectivity index (χ2v) is 28.2. The van der Waals surface area contributed by atoms with Gasteiger partial charge in [-0.25, -0.2) is 0 Å². The third-order valence-electron chi connectivity index (χ3n) is 19.2. The summed E-state index contributed by atoms with van der Waals surface area (Å²) in [6, 6.07) is -0.929. The van der Waals surface area contributed by atoms with Crippen molar-refractivity contribution in [2.24, 2.45) is 0 Å². The van der Waals surface area contributed by atoms with Crippen LogP contribution in [0.4, 0.5) is 0 Å². The third kappa shape index (κ3) is 50.7. The highest BCUT2D eigenvalue weighted by Gasteiger charge is 2.51. The zero-order chi connectivity index (χ0) is 72.2. The van der Waals surface area contributed by atoms with Crippen LogP contribution in [0, 0.1) is 0 Å². The molecule has 9 N–H and O–H groups in total. The summed E-state index contributed by atoms with van der Waals surface area (Å²) in [6.45, 7) is 2.72. The Labute approximate surface area is 609 Å². The number of hydrogen-bond donors (Lipinski definition) is 9. The van der Waals surface area contributed by atoms with Crippen LogP contribution in [-0.2, 0) is 23.7 Å². The molecule has 0 radical (unpaired) electrons. The Hall–Kier alpha value is -3.61. The van der Waals surface area contributed by atoms with Crippen LogP contribution in [0.5, 0.6) is 0 Å². The van der Waals surface area contributed by atoms with Crippen LogP contribution in [0.3, 0.4) is 0 Å². The fourth-order valence-electron chi connectivity index (χ4n) is 12.8. The summed E-state index contributed by atoms with van der Waals surface area (Å²) in [7, 11) is 0. The summed E-state index contributed by atoms with van der Waals surface area (Å²) >= 11 is 0. The van der Waals surface area contributed by atoms with E-state index in [9.17, 15) is 45.6 Å². The van der Waals surface area contributed by atoms with E-state index in [1.54, 1.807) is 6.08 Å². The van der Waals surface area contributed by atoms with Crippen LogP contribution in [0.1, 0.15) is 322 Å². The maximum atomic E-state index is 13.4. The van der Waals surface area contributed by atoms with Crippen LogP contribution in [-0.4, -0.2) is 140 Å². The second kappa shape index (κ2) is 68.5. The van der Waals surface area contributed by atoms with E-state index in [2.05, 4.69) is 129 Å². The molecule has 2 aliphatic rings. The lowest BCUT2D eigenvalue weighted by Gasteiger charge is -2.46. The summed E-state index contributed by atoms with van der Waals surface area (Å²) < 4.78 is 22.9. The topological polar surface area (TPSA) is 228 Å². The Kier molecular flexibility index (Phi) is 63.3. The molecule has 576 valence electrons. The number of allylic oxidation sites excluding steroid dienone is 19. The van der Waals surface area contributed by atoms with Gasteiger partial charge in [0.05, 0.1) is 32.0 Å². The first kappa shape index (κ1) is 92.5. The number of nitrogens with one attached hydrogen (secondary N) is 1. The number of ether oxygens (including phenoxy) is 4. The highest BCUT2D eigenvalue weighted by molar-refractivity contribution is 5.76. The maximum Gasteiger partial charge on any atom is 0.220 e. The largest absolute Gasteiger partial charge is 0.394 e. The van der Waals surface area contributed by atoms with E-state index in [0.717, 1.165) is 103 Å². The van der Waals surface area contributed by atoms with Crippen molar-refractivity contribution < 1.29 is 64.6 Å². The predicted molar refractivity (Wildman–Crippen MR) is 415 cm³/mol. The Morgan fingerprint density at radius 2 is 0.690 bits per heavy atom. The molecule has 0 aromatic heterocycles. The predicted octanol–water partition coefficient (Wildman–Crippen LogP) is 18.8. The SMILES string of the molecule is CC/C=C\C/C=C\C/C=C\C/C=C\C/C=C\C/C=C\C/C=C\C/C=C\C/C=C\CCCCCCCCCCCC(=O)NC(COC1OC(CO)C(OC2OC(CO)C(O)C(O)C2O)C(O)C1O)C(O)/C=C/CCCCCCCCCCCCCCCCCCCCCCCCCCCCC. The molecule has 0 spiro atoms. The number of carbonyl (C=O) groups is 1. The summed E-state index contributed by atoms with van der Waals surface area (Å²) in [5.41, 5.74) is 0. The Morgan fingerprint density at radius 1 is 0.370 bits per heavy atom. The molecule has 100 heavy (non-hydrogen) atoms. The van der Waals surface area contributed by atoms with Gasteiger partial charge in [0.15, 0.2) is 12.6 Å². The van der Waals surface area contributed by atoms with Crippen molar-refractivity contribution in [2.75, 3.05) is 19.8 Å². The molecule has 14 heteroatoms. The lowest BCUT2D eigenvalue weighted by Crippen LogP contribution is -2.65. The van der Waals surface area contributed by atoms with Crippen LogP contribution in [0.2, 0.25) is 0 Å². The molecule has 2 fully saturated rings. The molecule has 2 aliphatic heterocycles. The minimum atomic E-state index is -1.80. The molecule has 0 aromatic rings. The Balaban J connectivity index is 1.63. The third-order valence-corrected chi connectivity index (χ3v) is 19.2. The van der Waals surface area contributed by atoms with E-state index in [0.29, 0.717) is 6.42 Å². The van der Waals surface area contributed by atoms with Gasteiger partial charge in [0, 0.05) is 6.42 Å². The number of rotatable bonds is 67. The quantitative estimate of drug-likeness (QED) is 0.0204. The average molecular weight is 1410 g/mol. The highest BCUT2D eigenvalue weighted by atomic mass is 16.7. The normalized spacial score (nSPS) is 22.5. The summed E-state index contributed by atoms with van der Waals surface area (Å²) in [5.74, 6) is -0.247. The summed E-state index contributed by atoms with van der Waals surface area (Å²) in [5, 5.41) is 87.7. The number of amides is 1. The lowest BCUT2D eigenvalue weighted by molar-refractivity contribution is -0.359. The second-order valence-electron chi connectivity index (χ2n) is 28.2. The van der Waals surface area contributed by atoms with Gasteiger partial charge in [-0.2, -0.15) is 0 Å². The van der Waals surface area contributed by atoms with E-state index in [4.69, 9.17) is 18.9 Å². The Bertz CT molecular complexity index is 2150. The van der Waals surface area contributed by atoms with Crippen LogP contribution >= 0.6 is 0 Å². The number of carbonyl (C=O) groups excluding carboxylic acids is 1. The monoisotopic (exact) mass is 1400 g/mol. The van der Waals surface area contributed by atoms with Gasteiger partial charge in [-0.05, 0) is 89.9 Å². The van der Waals surface area contributed by atoms with Gasteiger partial charge in [-0.3, -0.25) is 4.79 Å². The van der Waals surface area contributed by atoms with Gasteiger partial charge in [0.2, 0.25) is 5.91 Å². The fourth-order valence-corrected chi connectivity index (χ4v) is 12.8. The molecule has 12 atom stereocenters.